The summed E-state index contributed by atoms with van der Waals surface area (Å²) in [5.74, 6) is -0.634. The monoisotopic (exact) mass is 210 g/mol. The quantitative estimate of drug-likeness (QED) is 0.711. The molecule has 0 aromatic heterocycles. The van der Waals surface area contributed by atoms with Gasteiger partial charge in [0.15, 0.2) is 5.79 Å². The second-order valence-corrected chi connectivity index (χ2v) is 3.17. The van der Waals surface area contributed by atoms with Crippen molar-refractivity contribution < 1.29 is 9.47 Å². The third kappa shape index (κ3) is 3.33. The van der Waals surface area contributed by atoms with Crippen LogP contribution in [-0.2, 0) is 15.3 Å². The number of ether oxygens (including phenoxy) is 2. The van der Waals surface area contributed by atoms with E-state index in [9.17, 15) is 0 Å². The van der Waals surface area contributed by atoms with Crippen molar-refractivity contribution in [2.24, 2.45) is 0 Å². The minimum atomic E-state index is -0.634. The van der Waals surface area contributed by atoms with Gasteiger partial charge in [-0.15, -0.1) is 0 Å². The van der Waals surface area contributed by atoms with E-state index in [-0.39, 0.29) is 0 Å². The Bertz CT molecular complexity index is 278. The van der Waals surface area contributed by atoms with Crippen LogP contribution in [0.2, 0.25) is 0 Å². The Balaban J connectivity index is 0.000000921. The summed E-state index contributed by atoms with van der Waals surface area (Å²) in [7, 11) is 3.30. The standard InChI is InChI=1S/C11H16O2.C2H6/c1-9-7-5-6-8-10(9)11(2,12-3)13-4;1-2/h5-8H,1-4H3;1-2H3. The fraction of sp³-hybridized carbons (Fsp3) is 0.538. The zero-order valence-electron chi connectivity index (χ0n) is 10.6. The molecular formula is C13H22O2. The first-order valence-electron chi connectivity index (χ1n) is 5.30. The van der Waals surface area contributed by atoms with Gasteiger partial charge in [0.05, 0.1) is 0 Å². The first-order valence-corrected chi connectivity index (χ1v) is 5.30. The van der Waals surface area contributed by atoms with Crippen LogP contribution in [0.1, 0.15) is 31.9 Å². The summed E-state index contributed by atoms with van der Waals surface area (Å²) >= 11 is 0. The maximum Gasteiger partial charge on any atom is 0.191 e. The van der Waals surface area contributed by atoms with Crippen molar-refractivity contribution in [2.75, 3.05) is 14.2 Å². The number of hydrogen-bond donors (Lipinski definition) is 0. The van der Waals surface area contributed by atoms with Crippen LogP contribution in [0.5, 0.6) is 0 Å². The number of aryl methyl sites for hydroxylation is 1. The van der Waals surface area contributed by atoms with E-state index in [1.807, 2.05) is 52.0 Å². The molecule has 0 aliphatic rings. The molecule has 0 aliphatic carbocycles. The molecule has 0 aliphatic heterocycles. The average Bonchev–Trinajstić information content (AvgIpc) is 2.31. The molecule has 0 radical (unpaired) electrons. The minimum Gasteiger partial charge on any atom is -0.349 e. The third-order valence-electron chi connectivity index (χ3n) is 2.41. The van der Waals surface area contributed by atoms with E-state index in [1.54, 1.807) is 14.2 Å². The summed E-state index contributed by atoms with van der Waals surface area (Å²) in [6, 6.07) is 8.05. The molecule has 15 heavy (non-hydrogen) atoms. The summed E-state index contributed by atoms with van der Waals surface area (Å²) in [5.41, 5.74) is 2.24. The van der Waals surface area contributed by atoms with Crippen LogP contribution in [-0.4, -0.2) is 14.2 Å². The second kappa shape index (κ2) is 6.59. The molecule has 0 N–H and O–H groups in total. The lowest BCUT2D eigenvalue weighted by Crippen LogP contribution is -2.27. The molecule has 0 atom stereocenters. The summed E-state index contributed by atoms with van der Waals surface area (Å²) in [5, 5.41) is 0. The van der Waals surface area contributed by atoms with Crippen molar-refractivity contribution in [3.05, 3.63) is 35.4 Å². The van der Waals surface area contributed by atoms with Gasteiger partial charge in [-0.1, -0.05) is 38.1 Å². The van der Waals surface area contributed by atoms with Gasteiger partial charge in [0, 0.05) is 19.8 Å². The van der Waals surface area contributed by atoms with Crippen LogP contribution < -0.4 is 0 Å². The van der Waals surface area contributed by atoms with E-state index >= 15 is 0 Å². The number of benzene rings is 1. The third-order valence-corrected chi connectivity index (χ3v) is 2.41. The van der Waals surface area contributed by atoms with Gasteiger partial charge in [-0.25, -0.2) is 0 Å². The highest BCUT2D eigenvalue weighted by Crippen LogP contribution is 2.27. The Morgan fingerprint density at radius 2 is 1.47 bits per heavy atom. The molecule has 1 aromatic carbocycles. The molecular weight excluding hydrogens is 188 g/mol. The molecule has 86 valence electrons. The molecule has 2 nitrogen and oxygen atoms in total. The molecule has 0 unspecified atom stereocenters. The Hall–Kier alpha value is -0.860. The van der Waals surface area contributed by atoms with Crippen molar-refractivity contribution >= 4 is 0 Å². The van der Waals surface area contributed by atoms with Crippen molar-refractivity contribution in [3.63, 3.8) is 0 Å². The van der Waals surface area contributed by atoms with Gasteiger partial charge in [-0.3, -0.25) is 0 Å². The van der Waals surface area contributed by atoms with Crippen LogP contribution in [0.25, 0.3) is 0 Å². The lowest BCUT2D eigenvalue weighted by atomic mass is 10.0. The highest BCUT2D eigenvalue weighted by molar-refractivity contribution is 5.29. The molecule has 2 heteroatoms. The maximum atomic E-state index is 5.33. The predicted molar refractivity (Wildman–Crippen MR) is 63.9 cm³/mol. The zero-order chi connectivity index (χ0) is 11.9. The van der Waals surface area contributed by atoms with E-state index in [0.717, 1.165) is 5.56 Å². The van der Waals surface area contributed by atoms with Crippen LogP contribution in [0.15, 0.2) is 24.3 Å². The lowest BCUT2D eigenvalue weighted by Gasteiger charge is -2.28. The van der Waals surface area contributed by atoms with Crippen molar-refractivity contribution in [1.29, 1.82) is 0 Å². The van der Waals surface area contributed by atoms with Gasteiger partial charge in [0.25, 0.3) is 0 Å². The average molecular weight is 210 g/mol. The normalized spacial score (nSPS) is 10.5. The smallest absolute Gasteiger partial charge is 0.191 e. The Morgan fingerprint density at radius 1 is 1.00 bits per heavy atom. The van der Waals surface area contributed by atoms with Crippen LogP contribution >= 0.6 is 0 Å². The number of hydrogen-bond acceptors (Lipinski definition) is 2. The molecule has 0 saturated heterocycles. The van der Waals surface area contributed by atoms with Gasteiger partial charge in [0.2, 0.25) is 0 Å². The van der Waals surface area contributed by atoms with E-state index in [1.165, 1.54) is 5.56 Å². The summed E-state index contributed by atoms with van der Waals surface area (Å²) in [6.45, 7) is 7.96. The number of rotatable bonds is 3. The van der Waals surface area contributed by atoms with Crippen molar-refractivity contribution in [3.8, 4) is 0 Å². The summed E-state index contributed by atoms with van der Waals surface area (Å²) in [4.78, 5) is 0. The minimum absolute atomic E-state index is 0.634. The summed E-state index contributed by atoms with van der Waals surface area (Å²) < 4.78 is 10.7. The van der Waals surface area contributed by atoms with Gasteiger partial charge in [-0.2, -0.15) is 0 Å². The fourth-order valence-electron chi connectivity index (χ4n) is 1.39. The highest BCUT2D eigenvalue weighted by Gasteiger charge is 2.26. The molecule has 0 bridgehead atoms. The Kier molecular flexibility index (Phi) is 6.21. The molecule has 0 heterocycles. The van der Waals surface area contributed by atoms with Crippen LogP contribution in [0.3, 0.4) is 0 Å². The van der Waals surface area contributed by atoms with Crippen LogP contribution in [0, 0.1) is 6.92 Å². The van der Waals surface area contributed by atoms with Crippen molar-refractivity contribution in [2.45, 2.75) is 33.5 Å². The Labute approximate surface area is 93.2 Å². The van der Waals surface area contributed by atoms with Gasteiger partial charge < -0.3 is 9.47 Å². The summed E-state index contributed by atoms with van der Waals surface area (Å²) in [6.07, 6.45) is 0. The van der Waals surface area contributed by atoms with Gasteiger partial charge in [0.1, 0.15) is 0 Å². The molecule has 0 spiro atoms. The number of methoxy groups -OCH3 is 2. The SMILES string of the molecule is CC.COC(C)(OC)c1ccccc1C. The molecule has 0 fully saturated rings. The van der Waals surface area contributed by atoms with Gasteiger partial charge >= 0.3 is 0 Å². The van der Waals surface area contributed by atoms with E-state index in [2.05, 4.69) is 0 Å². The van der Waals surface area contributed by atoms with Crippen molar-refractivity contribution in [1.82, 2.24) is 0 Å². The maximum absolute atomic E-state index is 5.33. The zero-order valence-corrected chi connectivity index (χ0v) is 10.6. The fourth-order valence-corrected chi connectivity index (χ4v) is 1.39. The van der Waals surface area contributed by atoms with E-state index < -0.39 is 5.79 Å². The largest absolute Gasteiger partial charge is 0.349 e. The molecule has 0 amide bonds. The molecule has 0 saturated carbocycles. The van der Waals surface area contributed by atoms with Crippen LogP contribution in [0.4, 0.5) is 0 Å². The Morgan fingerprint density at radius 3 is 1.87 bits per heavy atom. The predicted octanol–water partition coefficient (Wildman–Crippen LogP) is 3.49. The second-order valence-electron chi connectivity index (χ2n) is 3.17. The first-order chi connectivity index (χ1) is 7.14. The molecule has 1 rings (SSSR count). The lowest BCUT2D eigenvalue weighted by molar-refractivity contribution is -0.202. The highest BCUT2D eigenvalue weighted by atomic mass is 16.7. The van der Waals surface area contributed by atoms with E-state index in [0.29, 0.717) is 0 Å². The topological polar surface area (TPSA) is 18.5 Å². The van der Waals surface area contributed by atoms with E-state index in [4.69, 9.17) is 9.47 Å². The first kappa shape index (κ1) is 14.1. The van der Waals surface area contributed by atoms with Gasteiger partial charge in [-0.05, 0) is 19.4 Å². The molecule has 1 aromatic rings.